The Morgan fingerprint density at radius 3 is 1.92 bits per heavy atom. The minimum Gasteiger partial charge on any atom is -0.478 e. The lowest BCUT2D eigenvalue weighted by molar-refractivity contribution is 0.0696. The predicted molar refractivity (Wildman–Crippen MR) is 151 cm³/mol. The first-order valence-electron chi connectivity index (χ1n) is 12.9. The second-order valence-electron chi connectivity index (χ2n) is 12.1. The van der Waals surface area contributed by atoms with E-state index < -0.39 is 30.5 Å². The molecule has 2 N–H and O–H groups in total. The van der Waals surface area contributed by atoms with Crippen LogP contribution >= 0.6 is 0 Å². The number of nitrogens with one attached hydrogen (secondary N) is 1. The van der Waals surface area contributed by atoms with Crippen LogP contribution in [0.3, 0.4) is 0 Å². The number of hydrogen-bond acceptors (Lipinski definition) is 3. The molecule has 5 nitrogen and oxygen atoms in total. The molecule has 0 saturated heterocycles. The van der Waals surface area contributed by atoms with Crippen LogP contribution in [0.15, 0.2) is 66.7 Å². The molecule has 4 rings (SSSR count). The highest BCUT2D eigenvalue weighted by Crippen LogP contribution is 2.51. The van der Waals surface area contributed by atoms with Crippen LogP contribution in [0.1, 0.15) is 74.5 Å². The molecular weight excluding hydrogens is 497 g/mol. The summed E-state index contributed by atoms with van der Waals surface area (Å²) < 4.78 is 22.5. The summed E-state index contributed by atoms with van der Waals surface area (Å²) in [5.74, 6) is -1.19. The van der Waals surface area contributed by atoms with Gasteiger partial charge in [0.15, 0.2) is 0 Å². The summed E-state index contributed by atoms with van der Waals surface area (Å²) in [5, 5.41) is 11.5. The fourth-order valence-corrected chi connectivity index (χ4v) is 10.7. The standard InChI is InChI=1S/C31H36FNO4Si/c1-30(2,3)38(32,31(4,5)6)22-16-20(15-21(17-22)28(34)35)18-33-29(36)37-19-27-25-13-9-7-11-23(25)24-12-8-10-14-26(24)27/h7-17,27H,18-19H2,1-6H3,(H,33,36)(H,34,35). The van der Waals surface area contributed by atoms with Gasteiger partial charge in [0, 0.05) is 12.5 Å². The summed E-state index contributed by atoms with van der Waals surface area (Å²) >= 11 is 0. The van der Waals surface area contributed by atoms with Crippen LogP contribution in [-0.4, -0.2) is 32.2 Å². The van der Waals surface area contributed by atoms with Gasteiger partial charge >= 0.3 is 12.1 Å². The van der Waals surface area contributed by atoms with E-state index in [-0.39, 0.29) is 24.6 Å². The number of aromatic carboxylic acids is 1. The molecule has 1 aliphatic carbocycles. The number of amides is 1. The van der Waals surface area contributed by atoms with E-state index in [1.54, 1.807) is 6.07 Å². The third-order valence-electron chi connectivity index (χ3n) is 7.49. The average Bonchev–Trinajstić information content (AvgIpc) is 3.17. The lowest BCUT2D eigenvalue weighted by Gasteiger charge is -2.45. The van der Waals surface area contributed by atoms with Gasteiger partial charge in [0.05, 0.1) is 5.56 Å². The summed E-state index contributed by atoms with van der Waals surface area (Å²) in [7, 11) is -3.70. The van der Waals surface area contributed by atoms with Gasteiger partial charge < -0.3 is 19.3 Å². The van der Waals surface area contributed by atoms with Gasteiger partial charge in [-0.05, 0) is 55.2 Å². The lowest BCUT2D eigenvalue weighted by atomic mass is 9.98. The molecule has 0 heterocycles. The highest BCUT2D eigenvalue weighted by Gasteiger charge is 2.56. The highest BCUT2D eigenvalue weighted by molar-refractivity contribution is 6.90. The van der Waals surface area contributed by atoms with Gasteiger partial charge in [0.25, 0.3) is 8.41 Å². The maximum Gasteiger partial charge on any atom is 0.407 e. The SMILES string of the molecule is CC(C)(C)[Si](F)(c1cc(CNC(=O)OCC2c3ccccc3-c3ccccc32)cc(C(=O)O)c1)C(C)(C)C. The van der Waals surface area contributed by atoms with E-state index in [0.29, 0.717) is 10.8 Å². The number of fused-ring (bicyclic) bond motifs is 3. The topological polar surface area (TPSA) is 75.6 Å². The van der Waals surface area contributed by atoms with E-state index in [4.69, 9.17) is 4.74 Å². The predicted octanol–water partition coefficient (Wildman–Crippen LogP) is 7.15. The van der Waals surface area contributed by atoms with E-state index in [2.05, 4.69) is 29.6 Å². The number of carbonyl (C=O) groups excluding carboxylic acids is 1. The normalized spacial score (nSPS) is 13.6. The quantitative estimate of drug-likeness (QED) is 0.261. The van der Waals surface area contributed by atoms with Crippen LogP contribution in [0.4, 0.5) is 8.90 Å². The van der Waals surface area contributed by atoms with Crippen molar-refractivity contribution >= 4 is 25.7 Å². The molecule has 0 aromatic heterocycles. The van der Waals surface area contributed by atoms with Crippen molar-refractivity contribution in [3.63, 3.8) is 0 Å². The monoisotopic (exact) mass is 533 g/mol. The molecule has 0 spiro atoms. The molecule has 0 radical (unpaired) electrons. The van der Waals surface area contributed by atoms with Gasteiger partial charge in [0.1, 0.15) is 6.61 Å². The van der Waals surface area contributed by atoms with Gasteiger partial charge in [-0.2, -0.15) is 0 Å². The summed E-state index contributed by atoms with van der Waals surface area (Å²) in [4.78, 5) is 24.6. The smallest absolute Gasteiger partial charge is 0.407 e. The number of carboxylic acids is 1. The molecule has 1 amide bonds. The minimum absolute atomic E-state index is 0.00913. The second kappa shape index (κ2) is 10.0. The molecule has 1 aliphatic rings. The highest BCUT2D eigenvalue weighted by atomic mass is 28.4. The van der Waals surface area contributed by atoms with E-state index in [1.807, 2.05) is 65.8 Å². The summed E-state index contributed by atoms with van der Waals surface area (Å²) in [6, 6.07) is 20.9. The first-order chi connectivity index (χ1) is 17.7. The van der Waals surface area contributed by atoms with Crippen molar-refractivity contribution in [2.24, 2.45) is 0 Å². The van der Waals surface area contributed by atoms with Crippen LogP contribution in [-0.2, 0) is 11.3 Å². The van der Waals surface area contributed by atoms with Crippen molar-refractivity contribution in [3.8, 4) is 11.1 Å². The molecule has 0 unspecified atom stereocenters. The zero-order valence-electron chi connectivity index (χ0n) is 22.9. The Kier molecular flexibility index (Phi) is 7.27. The van der Waals surface area contributed by atoms with Gasteiger partial charge in [-0.15, -0.1) is 0 Å². The summed E-state index contributed by atoms with van der Waals surface area (Å²) in [6.07, 6.45) is -0.607. The van der Waals surface area contributed by atoms with Gasteiger partial charge in [-0.3, -0.25) is 0 Å². The number of alkyl carbamates (subject to hydrolysis) is 1. The van der Waals surface area contributed by atoms with Gasteiger partial charge in [-0.25, -0.2) is 9.59 Å². The Labute approximate surface area is 225 Å². The first kappa shape index (κ1) is 27.6. The maximum atomic E-state index is 16.9. The minimum atomic E-state index is -3.70. The molecule has 200 valence electrons. The van der Waals surface area contributed by atoms with Crippen LogP contribution in [0.25, 0.3) is 11.1 Å². The summed E-state index contributed by atoms with van der Waals surface area (Å²) in [6.45, 7) is 11.4. The largest absolute Gasteiger partial charge is 0.478 e. The fraction of sp³-hybridized carbons (Fsp3) is 0.355. The van der Waals surface area contributed by atoms with Gasteiger partial charge in [0.2, 0.25) is 0 Å². The Morgan fingerprint density at radius 1 is 0.895 bits per heavy atom. The molecule has 0 aliphatic heterocycles. The van der Waals surface area contributed by atoms with Gasteiger partial charge in [-0.1, -0.05) is 96.1 Å². The Morgan fingerprint density at radius 2 is 1.42 bits per heavy atom. The molecule has 0 bridgehead atoms. The molecule has 3 aromatic carbocycles. The third-order valence-corrected chi connectivity index (χ3v) is 12.7. The maximum absolute atomic E-state index is 16.9. The van der Waals surface area contributed by atoms with Crippen LogP contribution in [0.5, 0.6) is 0 Å². The average molecular weight is 534 g/mol. The van der Waals surface area contributed by atoms with Crippen molar-refractivity contribution in [1.29, 1.82) is 0 Å². The zero-order valence-corrected chi connectivity index (χ0v) is 23.9. The van der Waals surface area contributed by atoms with Crippen molar-refractivity contribution < 1.29 is 23.5 Å². The Hall–Kier alpha value is -3.45. The lowest BCUT2D eigenvalue weighted by Crippen LogP contribution is -2.58. The molecule has 7 heteroatoms. The second-order valence-corrected chi connectivity index (χ2v) is 17.0. The molecule has 38 heavy (non-hydrogen) atoms. The third kappa shape index (κ3) is 4.99. The molecule has 0 saturated carbocycles. The van der Waals surface area contributed by atoms with Crippen molar-refractivity contribution in [2.45, 2.75) is 64.1 Å². The number of rotatable bonds is 6. The summed E-state index contributed by atoms with van der Waals surface area (Å²) in [5.41, 5.74) is 5.06. The zero-order chi connectivity index (χ0) is 27.9. The molecule has 0 fully saturated rings. The molecule has 0 atom stereocenters. The van der Waals surface area contributed by atoms with E-state index in [1.165, 1.54) is 12.1 Å². The fourth-order valence-electron chi connectivity index (χ4n) is 5.93. The number of carboxylic acid groups (broad SMARTS) is 1. The number of benzene rings is 3. The van der Waals surface area contributed by atoms with Crippen molar-refractivity contribution in [2.75, 3.05) is 6.61 Å². The van der Waals surface area contributed by atoms with E-state index in [0.717, 1.165) is 22.3 Å². The molecular formula is C31H36FNO4Si. The van der Waals surface area contributed by atoms with Crippen molar-refractivity contribution in [3.05, 3.63) is 89.0 Å². The van der Waals surface area contributed by atoms with Crippen LogP contribution < -0.4 is 10.5 Å². The number of hydrogen-bond donors (Lipinski definition) is 2. The number of halogens is 1. The number of ether oxygens (including phenoxy) is 1. The Bertz CT molecular complexity index is 1310. The number of carbonyl (C=O) groups is 2. The van der Waals surface area contributed by atoms with Crippen molar-refractivity contribution in [1.82, 2.24) is 5.32 Å². The molecule has 3 aromatic rings. The van der Waals surface area contributed by atoms with E-state index in [9.17, 15) is 14.7 Å². The van der Waals surface area contributed by atoms with E-state index >= 15 is 4.11 Å². The first-order valence-corrected chi connectivity index (χ1v) is 14.8. The van der Waals surface area contributed by atoms with Crippen LogP contribution in [0.2, 0.25) is 10.1 Å². The van der Waals surface area contributed by atoms with Crippen LogP contribution in [0, 0.1) is 0 Å². The Balaban J connectivity index is 1.52.